The third kappa shape index (κ3) is 15.5. The van der Waals surface area contributed by atoms with E-state index in [2.05, 4.69) is 13.8 Å². The smallest absolute Gasteiger partial charge is 0.469 e. The molecular formula is C13H28O20P2. The van der Waals surface area contributed by atoms with E-state index in [0.717, 1.165) is 7.11 Å². The molecule has 0 saturated heterocycles. The van der Waals surface area contributed by atoms with Gasteiger partial charge in [0.2, 0.25) is 0 Å². The summed E-state index contributed by atoms with van der Waals surface area (Å²) in [7, 11) is -8.78. The molecule has 0 aliphatic heterocycles. The first-order chi connectivity index (χ1) is 15.7. The highest BCUT2D eigenvalue weighted by Crippen LogP contribution is 2.36. The molecule has 0 fully saturated rings. The third-order valence-electron chi connectivity index (χ3n) is 3.66. The lowest BCUT2D eigenvalue weighted by Gasteiger charge is -2.25. The van der Waals surface area contributed by atoms with E-state index in [1.54, 1.807) is 0 Å². The van der Waals surface area contributed by atoms with Crippen molar-refractivity contribution in [2.75, 3.05) is 20.3 Å². The summed E-state index contributed by atoms with van der Waals surface area (Å²) in [6.07, 6.45) is -16.9. The molecule has 8 unspecified atom stereocenters. The van der Waals surface area contributed by atoms with E-state index in [0.29, 0.717) is 0 Å². The number of ether oxygens (including phenoxy) is 1. The average Bonchev–Trinajstić information content (AvgIpc) is 2.76. The molecule has 210 valence electrons. The number of rotatable bonds is 14. The lowest BCUT2D eigenvalue weighted by molar-refractivity contribution is -0.167. The minimum atomic E-state index is -4.86. The van der Waals surface area contributed by atoms with Gasteiger partial charge in [-0.2, -0.15) is 0 Å². The van der Waals surface area contributed by atoms with Gasteiger partial charge in [-0.05, 0) is 0 Å². The fourth-order valence-electron chi connectivity index (χ4n) is 1.78. The van der Waals surface area contributed by atoms with Gasteiger partial charge in [-0.1, -0.05) is 0 Å². The molecule has 0 bridgehead atoms. The van der Waals surface area contributed by atoms with Crippen LogP contribution in [0.4, 0.5) is 0 Å². The van der Waals surface area contributed by atoms with Crippen LogP contribution in [0.2, 0.25) is 0 Å². The van der Waals surface area contributed by atoms with Crippen LogP contribution in [0, 0.1) is 0 Å². The van der Waals surface area contributed by atoms with E-state index in [1.165, 1.54) is 0 Å². The number of phosphoric ester groups is 2. The number of aliphatic carboxylic acids is 1. The van der Waals surface area contributed by atoms with E-state index >= 15 is 0 Å². The molecule has 13 N–H and O–H groups in total. The van der Waals surface area contributed by atoms with Gasteiger partial charge in [0, 0.05) is 0 Å². The number of hydrogen-bond acceptors (Lipinski definition) is 15. The second kappa shape index (κ2) is 15.8. The Labute approximate surface area is 195 Å². The quantitative estimate of drug-likeness (QED) is 0.0686. The molecule has 0 radical (unpaired) electrons. The molecule has 0 rings (SSSR count). The van der Waals surface area contributed by atoms with Gasteiger partial charge in [-0.3, -0.25) is 9.05 Å². The molecule has 0 aliphatic carbocycles. The molecule has 0 aromatic carbocycles. The van der Waals surface area contributed by atoms with Crippen LogP contribution in [0.25, 0.3) is 0 Å². The Hall–Kier alpha value is -1.16. The van der Waals surface area contributed by atoms with Gasteiger partial charge in [-0.25, -0.2) is 18.7 Å². The SMILES string of the molecule is COC(=O)C(O)C(O)C(O)C(O)COP(=O)(O)O.O=C(O)C(O)C(O)C(O)C(O)COP(=O)(O)O. The van der Waals surface area contributed by atoms with Crippen LogP contribution in [0.1, 0.15) is 0 Å². The van der Waals surface area contributed by atoms with Crippen molar-refractivity contribution in [3.05, 3.63) is 0 Å². The first kappa shape index (κ1) is 36.0. The average molecular weight is 566 g/mol. The number of carbonyl (C=O) groups is 2. The normalized spacial score (nSPS) is 19.1. The highest BCUT2D eigenvalue weighted by atomic mass is 31.2. The summed E-state index contributed by atoms with van der Waals surface area (Å²) in [6.45, 7) is -2.05. The Bertz CT molecular complexity index is 735. The Balaban J connectivity index is 0. The van der Waals surface area contributed by atoms with E-state index < -0.39 is 89.6 Å². The molecule has 0 aliphatic rings. The number of carboxylic acids is 1. The van der Waals surface area contributed by atoms with Crippen LogP contribution in [0.3, 0.4) is 0 Å². The van der Waals surface area contributed by atoms with Crippen LogP contribution < -0.4 is 0 Å². The lowest BCUT2D eigenvalue weighted by atomic mass is 10.0. The molecule has 8 atom stereocenters. The largest absolute Gasteiger partial charge is 0.479 e. The summed E-state index contributed by atoms with van der Waals surface area (Å²) in [4.78, 5) is 54.3. The predicted molar refractivity (Wildman–Crippen MR) is 104 cm³/mol. The number of hydrogen-bond donors (Lipinski definition) is 13. The number of phosphoric acid groups is 2. The number of methoxy groups -OCH3 is 1. The number of aliphatic hydroxyl groups is 8. The zero-order chi connectivity index (χ0) is 28.3. The molecule has 0 saturated carbocycles. The topological polar surface area (TPSA) is 359 Å². The fraction of sp³-hybridized carbons (Fsp3) is 0.846. The summed E-state index contributed by atoms with van der Waals surface area (Å²) >= 11 is 0. The van der Waals surface area contributed by atoms with Crippen molar-refractivity contribution >= 4 is 27.6 Å². The van der Waals surface area contributed by atoms with Crippen molar-refractivity contribution in [1.82, 2.24) is 0 Å². The standard InChI is InChI=1S/C7H15O10P.C6H13O10P/c1-16-7(12)6(11)5(10)4(9)3(8)2-17-18(13,14)15;7-2(1-16-17(13,14)15)3(8)4(9)5(10)6(11)12/h3-6,8-11H,2H2,1H3,(H2,13,14,15);2-5,7-10H,1H2,(H,11,12)(H2,13,14,15). The zero-order valence-electron chi connectivity index (χ0n) is 17.6. The summed E-state index contributed by atoms with van der Waals surface area (Å²) in [5.41, 5.74) is 0. The molecule has 0 spiro atoms. The molecule has 0 aromatic rings. The summed E-state index contributed by atoms with van der Waals surface area (Å²) in [6, 6.07) is 0. The van der Waals surface area contributed by atoms with Crippen LogP contribution in [0.15, 0.2) is 0 Å². The second-order valence-electron chi connectivity index (χ2n) is 6.42. The van der Waals surface area contributed by atoms with Crippen LogP contribution in [-0.4, -0.2) is 147 Å². The number of esters is 1. The van der Waals surface area contributed by atoms with Gasteiger partial charge >= 0.3 is 27.6 Å². The van der Waals surface area contributed by atoms with Gasteiger partial charge in [0.15, 0.2) is 12.2 Å². The van der Waals surface area contributed by atoms with Crippen molar-refractivity contribution in [3.63, 3.8) is 0 Å². The van der Waals surface area contributed by atoms with Gasteiger partial charge < -0.3 is 70.3 Å². The Morgan fingerprint density at radius 3 is 1.23 bits per heavy atom. The first-order valence-corrected chi connectivity index (χ1v) is 11.9. The Morgan fingerprint density at radius 1 is 0.657 bits per heavy atom. The van der Waals surface area contributed by atoms with Crippen LogP contribution in [0.5, 0.6) is 0 Å². The molecular weight excluding hydrogens is 538 g/mol. The zero-order valence-corrected chi connectivity index (χ0v) is 19.4. The molecule has 35 heavy (non-hydrogen) atoms. The maximum atomic E-state index is 10.8. The van der Waals surface area contributed by atoms with Crippen LogP contribution >= 0.6 is 15.6 Å². The van der Waals surface area contributed by atoms with Gasteiger partial charge in [0.1, 0.15) is 36.6 Å². The Morgan fingerprint density at radius 2 is 0.971 bits per heavy atom. The highest BCUT2D eigenvalue weighted by Gasteiger charge is 2.36. The summed E-state index contributed by atoms with van der Waals surface area (Å²) in [5, 5.41) is 81.4. The van der Waals surface area contributed by atoms with Crippen molar-refractivity contribution in [2.24, 2.45) is 0 Å². The van der Waals surface area contributed by atoms with Gasteiger partial charge in [0.05, 0.1) is 20.3 Å². The molecule has 0 heterocycles. The molecule has 22 heteroatoms. The Kier molecular flexibility index (Phi) is 16.3. The monoisotopic (exact) mass is 566 g/mol. The predicted octanol–water partition coefficient (Wildman–Crippen LogP) is -6.66. The van der Waals surface area contributed by atoms with Gasteiger partial charge in [0.25, 0.3) is 0 Å². The van der Waals surface area contributed by atoms with E-state index in [-0.39, 0.29) is 0 Å². The number of carboxylic acid groups (broad SMARTS) is 1. The summed E-state index contributed by atoms with van der Waals surface area (Å²) < 4.78 is 32.3. The highest BCUT2D eigenvalue weighted by molar-refractivity contribution is 7.46. The number of carbonyl (C=O) groups excluding carboxylic acids is 1. The molecule has 0 amide bonds. The van der Waals surface area contributed by atoms with Crippen molar-refractivity contribution < 1.29 is 98.0 Å². The maximum absolute atomic E-state index is 10.8. The van der Waals surface area contributed by atoms with Crippen LogP contribution in [-0.2, 0) is 32.5 Å². The minimum Gasteiger partial charge on any atom is -0.479 e. The van der Waals surface area contributed by atoms with Crippen molar-refractivity contribution in [1.29, 1.82) is 0 Å². The maximum Gasteiger partial charge on any atom is 0.469 e. The first-order valence-electron chi connectivity index (χ1n) is 8.81. The van der Waals surface area contributed by atoms with Crippen molar-refractivity contribution in [3.8, 4) is 0 Å². The minimum absolute atomic E-state index is 0.929. The number of aliphatic hydroxyl groups excluding tert-OH is 8. The van der Waals surface area contributed by atoms with E-state index in [9.17, 15) is 34.0 Å². The lowest BCUT2D eigenvalue weighted by Crippen LogP contribution is -2.49. The molecule has 0 aromatic heterocycles. The fourth-order valence-corrected chi connectivity index (χ4v) is 2.47. The van der Waals surface area contributed by atoms with E-state index in [1.807, 2.05) is 0 Å². The van der Waals surface area contributed by atoms with E-state index in [4.69, 9.17) is 50.2 Å². The van der Waals surface area contributed by atoms with Crippen molar-refractivity contribution in [2.45, 2.75) is 48.8 Å². The summed E-state index contributed by atoms with van der Waals surface area (Å²) in [5.74, 6) is -3.08. The molecule has 20 nitrogen and oxygen atoms in total. The van der Waals surface area contributed by atoms with Gasteiger partial charge in [-0.15, -0.1) is 0 Å². The second-order valence-corrected chi connectivity index (χ2v) is 8.90. The third-order valence-corrected chi connectivity index (χ3v) is 4.63.